The van der Waals surface area contributed by atoms with Crippen LogP contribution in [0.15, 0.2) is 91.3 Å². The number of hydrogen-bond donors (Lipinski definition) is 4. The number of para-hydroxylation sites is 1. The molecular weight excluding hydrogens is 653 g/mol. The highest BCUT2D eigenvalue weighted by molar-refractivity contribution is 6.02. The van der Waals surface area contributed by atoms with Crippen molar-refractivity contribution < 1.29 is 14.3 Å². The lowest BCUT2D eigenvalue weighted by Gasteiger charge is -2.27. The van der Waals surface area contributed by atoms with Gasteiger partial charge < -0.3 is 25.3 Å². The minimum atomic E-state index is -0.684. The zero-order valence-electron chi connectivity index (χ0n) is 28.5. The summed E-state index contributed by atoms with van der Waals surface area (Å²) in [7, 11) is 1.30. The van der Waals surface area contributed by atoms with Gasteiger partial charge in [0, 0.05) is 18.5 Å². The number of imidazole rings is 2. The van der Waals surface area contributed by atoms with Crippen LogP contribution in [0.1, 0.15) is 47.7 Å². The van der Waals surface area contributed by atoms with Gasteiger partial charge in [0.15, 0.2) is 0 Å². The first-order valence-corrected chi connectivity index (χ1v) is 17.6. The quantitative estimate of drug-likeness (QED) is 0.151. The van der Waals surface area contributed by atoms with E-state index >= 15 is 0 Å². The maximum absolute atomic E-state index is 13.9. The number of anilines is 1. The molecule has 4 N–H and O–H groups in total. The second kappa shape index (κ2) is 12.8. The number of carbonyl (C=O) groups is 2. The monoisotopic (exact) mass is 688 g/mol. The highest BCUT2D eigenvalue weighted by atomic mass is 16.5. The van der Waals surface area contributed by atoms with Crippen LogP contribution in [0, 0.1) is 17.2 Å². The number of H-pyrrole nitrogens is 2. The van der Waals surface area contributed by atoms with E-state index in [9.17, 15) is 14.9 Å². The molecule has 258 valence electrons. The molecule has 2 aromatic heterocycles. The topological polar surface area (TPSA) is 152 Å². The Hall–Kier alpha value is -6.25. The van der Waals surface area contributed by atoms with E-state index in [1.807, 2.05) is 23.4 Å². The standard InChI is InChI=1S/C41H36N8O3/c1-52-41(51)48-32-14-13-26-3-2-4-31-18-36(49(37(26)31)40(32)50)39-45-21-34(47-39)25-7-5-24(6-8-25)27-9-10-29-17-30(12-11-28(29)16-27)35-22-44-38(46-35)33-15-23(19-42)20-43-33/h2-12,16-17,21-23,32-33,36,43H,13-15,18,20H2,1H3,(H,44,46)(H,45,47)(H,48,51)/t23-,32+,33+,36+/m1/s1. The van der Waals surface area contributed by atoms with Crippen LogP contribution in [-0.2, 0) is 22.4 Å². The number of fused-ring (bicyclic) bond motifs is 1. The van der Waals surface area contributed by atoms with Crippen LogP contribution < -0.4 is 15.5 Å². The lowest BCUT2D eigenvalue weighted by molar-refractivity contribution is -0.121. The van der Waals surface area contributed by atoms with Crippen molar-refractivity contribution >= 4 is 28.5 Å². The van der Waals surface area contributed by atoms with E-state index in [4.69, 9.17) is 9.72 Å². The van der Waals surface area contributed by atoms with Gasteiger partial charge in [0.05, 0.1) is 60.6 Å². The molecule has 1 saturated heterocycles. The highest BCUT2D eigenvalue weighted by Gasteiger charge is 2.43. The number of carbonyl (C=O) groups excluding carboxylic acids is 2. The first-order chi connectivity index (χ1) is 25.4. The fraction of sp³-hybridized carbons (Fsp3) is 0.244. The maximum atomic E-state index is 13.9. The van der Waals surface area contributed by atoms with Crippen molar-refractivity contribution in [1.29, 1.82) is 5.26 Å². The summed E-state index contributed by atoms with van der Waals surface area (Å²) in [5.74, 6) is 1.44. The van der Waals surface area contributed by atoms with Gasteiger partial charge in [-0.1, -0.05) is 66.7 Å². The van der Waals surface area contributed by atoms with Crippen LogP contribution in [-0.4, -0.2) is 51.6 Å². The molecule has 1 fully saturated rings. The summed E-state index contributed by atoms with van der Waals surface area (Å²) in [5, 5.41) is 17.7. The van der Waals surface area contributed by atoms with Gasteiger partial charge in [0.1, 0.15) is 17.7 Å². The maximum Gasteiger partial charge on any atom is 0.407 e. The first-order valence-electron chi connectivity index (χ1n) is 17.6. The molecule has 4 aromatic carbocycles. The average Bonchev–Trinajstić information content (AvgIpc) is 4.00. The van der Waals surface area contributed by atoms with E-state index < -0.39 is 12.1 Å². The lowest BCUT2D eigenvalue weighted by Crippen LogP contribution is -2.48. The molecule has 11 nitrogen and oxygen atoms in total. The second-order valence-corrected chi connectivity index (χ2v) is 13.8. The van der Waals surface area contributed by atoms with Crippen molar-refractivity contribution in [3.05, 3.63) is 114 Å². The van der Waals surface area contributed by atoms with E-state index in [0.717, 1.165) is 73.5 Å². The molecule has 0 spiro atoms. The molecule has 3 aliphatic rings. The van der Waals surface area contributed by atoms with Crippen molar-refractivity contribution in [2.24, 2.45) is 5.92 Å². The third kappa shape index (κ3) is 5.58. The van der Waals surface area contributed by atoms with Crippen molar-refractivity contribution in [2.45, 2.75) is 43.8 Å². The predicted molar refractivity (Wildman–Crippen MR) is 197 cm³/mol. The van der Waals surface area contributed by atoms with Gasteiger partial charge in [-0.25, -0.2) is 14.8 Å². The van der Waals surface area contributed by atoms with Gasteiger partial charge in [-0.2, -0.15) is 5.26 Å². The molecule has 0 aliphatic carbocycles. The van der Waals surface area contributed by atoms with Gasteiger partial charge in [-0.05, 0) is 70.0 Å². The van der Waals surface area contributed by atoms with Crippen LogP contribution >= 0.6 is 0 Å². The highest BCUT2D eigenvalue weighted by Crippen LogP contribution is 2.44. The molecular formula is C41H36N8O3. The number of nitriles is 1. The number of aryl methyl sites for hydroxylation is 1. The Morgan fingerprint density at radius 1 is 0.885 bits per heavy atom. The first kappa shape index (κ1) is 31.7. The molecule has 6 aromatic rings. The predicted octanol–water partition coefficient (Wildman–Crippen LogP) is 6.76. The van der Waals surface area contributed by atoms with Crippen LogP contribution in [0.25, 0.3) is 44.4 Å². The van der Waals surface area contributed by atoms with E-state index in [0.29, 0.717) is 31.6 Å². The minimum absolute atomic E-state index is 0.0221. The number of amides is 2. The Kier molecular flexibility index (Phi) is 7.82. The second-order valence-electron chi connectivity index (χ2n) is 13.8. The minimum Gasteiger partial charge on any atom is -0.453 e. The smallest absolute Gasteiger partial charge is 0.407 e. The summed E-state index contributed by atoms with van der Waals surface area (Å²) in [6.07, 6.45) is 5.66. The number of alkyl carbamates (subject to hydrolysis) is 1. The molecule has 0 radical (unpaired) electrons. The fourth-order valence-electron chi connectivity index (χ4n) is 7.98. The Morgan fingerprint density at radius 2 is 1.56 bits per heavy atom. The Balaban J connectivity index is 0.927. The number of nitrogens with one attached hydrogen (secondary N) is 4. The van der Waals surface area contributed by atoms with Crippen molar-refractivity contribution in [2.75, 3.05) is 18.6 Å². The van der Waals surface area contributed by atoms with E-state index in [2.05, 4.69) is 104 Å². The molecule has 3 aliphatic heterocycles. The molecule has 2 amide bonds. The van der Waals surface area contributed by atoms with E-state index in [-0.39, 0.29) is 23.9 Å². The number of ether oxygens (including phenoxy) is 1. The summed E-state index contributed by atoms with van der Waals surface area (Å²) in [4.78, 5) is 44.1. The normalized spacial score (nSPS) is 20.8. The molecule has 9 rings (SSSR count). The molecule has 0 unspecified atom stereocenters. The van der Waals surface area contributed by atoms with Crippen LogP contribution in [0.2, 0.25) is 0 Å². The largest absolute Gasteiger partial charge is 0.453 e. The van der Waals surface area contributed by atoms with Gasteiger partial charge in [-0.3, -0.25) is 9.69 Å². The van der Waals surface area contributed by atoms with Gasteiger partial charge >= 0.3 is 6.09 Å². The summed E-state index contributed by atoms with van der Waals surface area (Å²) >= 11 is 0. The number of rotatable bonds is 6. The summed E-state index contributed by atoms with van der Waals surface area (Å²) < 4.78 is 4.81. The molecule has 0 bridgehead atoms. The fourth-order valence-corrected chi connectivity index (χ4v) is 7.98. The van der Waals surface area contributed by atoms with Gasteiger partial charge in [0.2, 0.25) is 5.91 Å². The lowest BCUT2D eigenvalue weighted by atomic mass is 9.98. The van der Waals surface area contributed by atoms with E-state index in [1.54, 1.807) is 0 Å². The molecule has 0 saturated carbocycles. The summed E-state index contributed by atoms with van der Waals surface area (Å²) in [6, 6.07) is 28.9. The summed E-state index contributed by atoms with van der Waals surface area (Å²) in [5.41, 5.74) is 9.24. The van der Waals surface area contributed by atoms with Crippen LogP contribution in [0.3, 0.4) is 0 Å². The number of hydrogen-bond acceptors (Lipinski definition) is 7. The number of nitrogens with zero attached hydrogens (tertiary/aromatic N) is 4. The van der Waals surface area contributed by atoms with Crippen molar-refractivity contribution in [3.8, 4) is 39.7 Å². The number of aromatic amines is 2. The molecule has 11 heteroatoms. The van der Waals surface area contributed by atoms with Crippen LogP contribution in [0.4, 0.5) is 10.5 Å². The third-order valence-corrected chi connectivity index (χ3v) is 10.7. The molecule has 4 atom stereocenters. The Labute approximate surface area is 300 Å². The number of benzene rings is 4. The van der Waals surface area contributed by atoms with Gasteiger partial charge in [0.25, 0.3) is 0 Å². The summed E-state index contributed by atoms with van der Waals surface area (Å²) in [6.45, 7) is 0.696. The van der Waals surface area contributed by atoms with Crippen molar-refractivity contribution in [3.63, 3.8) is 0 Å². The number of aromatic nitrogens is 4. The third-order valence-electron chi connectivity index (χ3n) is 10.7. The zero-order chi connectivity index (χ0) is 35.3. The van der Waals surface area contributed by atoms with Crippen LogP contribution in [0.5, 0.6) is 0 Å². The zero-order valence-corrected chi connectivity index (χ0v) is 28.5. The average molecular weight is 689 g/mol. The van der Waals surface area contributed by atoms with E-state index in [1.165, 1.54) is 7.11 Å². The SMILES string of the molecule is COC(=O)N[C@H]1CCc2cccc3c2N(C1=O)[C@H](c1ncc(-c2ccc(-c4ccc5cc(-c6cnc([C@@H]7C[C@H](C#N)CN7)[nH]6)ccc5c4)cc2)[nH]1)C3. The Morgan fingerprint density at radius 3 is 2.33 bits per heavy atom. The van der Waals surface area contributed by atoms with Crippen molar-refractivity contribution in [1.82, 2.24) is 30.6 Å². The molecule has 52 heavy (non-hydrogen) atoms. The Bertz CT molecular complexity index is 2390. The molecule has 5 heterocycles. The number of methoxy groups -OCH3 is 1. The van der Waals surface area contributed by atoms with Gasteiger partial charge in [-0.15, -0.1) is 0 Å².